The van der Waals surface area contributed by atoms with Gasteiger partial charge in [-0.3, -0.25) is 9.59 Å². The van der Waals surface area contributed by atoms with Gasteiger partial charge in [-0.1, -0.05) is 32.1 Å². The van der Waals surface area contributed by atoms with Crippen LogP contribution in [0.25, 0.3) is 0 Å². The minimum absolute atomic E-state index is 0.0499. The van der Waals surface area contributed by atoms with E-state index in [1.165, 1.54) is 0 Å². The molecule has 6 heteroatoms. The Labute approximate surface area is 168 Å². The normalized spacial score (nSPS) is 50.7. The lowest BCUT2D eigenvalue weighted by molar-refractivity contribution is -0.159. The van der Waals surface area contributed by atoms with E-state index in [-0.39, 0.29) is 17.6 Å². The molecule has 0 radical (unpaired) electrons. The van der Waals surface area contributed by atoms with E-state index in [1.54, 1.807) is 12.2 Å². The van der Waals surface area contributed by atoms with Gasteiger partial charge in [-0.2, -0.15) is 0 Å². The maximum atomic E-state index is 12.4. The molecule has 0 aromatic heterocycles. The third kappa shape index (κ3) is 2.13. The molecular formula is C21H24Cl2O4. The summed E-state index contributed by atoms with van der Waals surface area (Å²) in [5, 5.41) is 20.1. The lowest BCUT2D eigenvalue weighted by Gasteiger charge is -2.62. The second-order valence-electron chi connectivity index (χ2n) is 8.87. The molecule has 0 spiro atoms. The van der Waals surface area contributed by atoms with Gasteiger partial charge in [-0.05, 0) is 42.9 Å². The van der Waals surface area contributed by atoms with E-state index in [9.17, 15) is 19.8 Å². The molecule has 0 bridgehead atoms. The number of hydrogen-bond acceptors (Lipinski definition) is 4. The van der Waals surface area contributed by atoms with Gasteiger partial charge in [-0.25, -0.2) is 0 Å². The Morgan fingerprint density at radius 1 is 1.33 bits per heavy atom. The van der Waals surface area contributed by atoms with E-state index < -0.39 is 39.1 Å². The molecule has 4 aliphatic carbocycles. The fraction of sp³-hybridized carbons (Fsp3) is 0.619. The van der Waals surface area contributed by atoms with Crippen molar-refractivity contribution in [3.63, 3.8) is 0 Å². The van der Waals surface area contributed by atoms with Crippen molar-refractivity contribution >= 4 is 34.8 Å². The number of halogens is 2. The Morgan fingerprint density at radius 2 is 2.04 bits per heavy atom. The summed E-state index contributed by atoms with van der Waals surface area (Å²) in [4.78, 5) is 23.4. The first-order valence-electron chi connectivity index (χ1n) is 9.38. The molecule has 146 valence electrons. The Morgan fingerprint density at radius 3 is 2.70 bits per heavy atom. The van der Waals surface area contributed by atoms with E-state index in [2.05, 4.69) is 0 Å². The summed E-state index contributed by atoms with van der Waals surface area (Å²) in [6.07, 6.45) is 10.2. The van der Waals surface area contributed by atoms with Crippen LogP contribution in [0.2, 0.25) is 0 Å². The lowest BCUT2D eigenvalue weighted by atomic mass is 9.48. The summed E-state index contributed by atoms with van der Waals surface area (Å²) in [5.41, 5.74) is -2.13. The number of allylic oxidation sites excluding steroid dienone is 6. The van der Waals surface area contributed by atoms with Crippen molar-refractivity contribution in [3.05, 3.63) is 36.0 Å². The summed E-state index contributed by atoms with van der Waals surface area (Å²) in [6.45, 7) is 3.21. The molecule has 4 nitrogen and oxygen atoms in total. The average Bonchev–Trinajstić information content (AvgIpc) is 2.88. The van der Waals surface area contributed by atoms with Gasteiger partial charge >= 0.3 is 0 Å². The third-order valence-electron chi connectivity index (χ3n) is 7.92. The van der Waals surface area contributed by atoms with Crippen LogP contribution in [0.5, 0.6) is 0 Å². The van der Waals surface area contributed by atoms with Gasteiger partial charge in [0.05, 0.1) is 10.3 Å². The topological polar surface area (TPSA) is 74.6 Å². The number of aliphatic hydroxyl groups is 2. The Kier molecular flexibility index (Phi) is 4.16. The molecule has 2 saturated carbocycles. The number of Topliss-reactive ketones (excluding diaryl/α,β-unsaturated/α-hetero) is 1. The molecule has 0 aromatic rings. The van der Waals surface area contributed by atoms with Gasteiger partial charge < -0.3 is 10.2 Å². The van der Waals surface area contributed by atoms with Crippen LogP contribution in [0.4, 0.5) is 0 Å². The Hall–Kier alpha value is -0.940. The molecule has 0 aromatic carbocycles. The van der Waals surface area contributed by atoms with E-state index in [4.69, 9.17) is 23.2 Å². The molecule has 2 fully saturated rings. The van der Waals surface area contributed by atoms with E-state index >= 15 is 0 Å². The van der Waals surface area contributed by atoms with Gasteiger partial charge in [-0.15, -0.1) is 23.2 Å². The zero-order valence-electron chi connectivity index (χ0n) is 15.4. The predicted octanol–water partition coefficient (Wildman–Crippen LogP) is 2.94. The molecule has 0 aliphatic heterocycles. The largest absolute Gasteiger partial charge is 0.388 e. The second-order valence-corrected chi connectivity index (χ2v) is 10.0. The summed E-state index contributed by atoms with van der Waals surface area (Å²) in [7, 11) is 0. The number of rotatable bonds is 2. The minimum Gasteiger partial charge on any atom is -0.388 e. The summed E-state index contributed by atoms with van der Waals surface area (Å²) in [5.74, 6) is -0.832. The first kappa shape index (κ1) is 19.4. The number of fused-ring (bicyclic) bond motifs is 5. The van der Waals surface area contributed by atoms with E-state index in [0.29, 0.717) is 19.3 Å². The van der Waals surface area contributed by atoms with Crippen LogP contribution >= 0.6 is 23.2 Å². The number of aliphatic hydroxyl groups excluding tert-OH is 1. The summed E-state index contributed by atoms with van der Waals surface area (Å²) < 4.78 is 0. The minimum atomic E-state index is -1.60. The highest BCUT2D eigenvalue weighted by atomic mass is 35.5. The molecule has 0 unspecified atom stereocenters. The molecule has 7 atom stereocenters. The van der Waals surface area contributed by atoms with Crippen molar-refractivity contribution in [2.45, 2.75) is 49.0 Å². The van der Waals surface area contributed by atoms with Crippen molar-refractivity contribution in [3.8, 4) is 0 Å². The summed E-state index contributed by atoms with van der Waals surface area (Å²) >= 11 is 14.2. The van der Waals surface area contributed by atoms with Crippen molar-refractivity contribution in [1.82, 2.24) is 0 Å². The SMILES string of the molecule is C[C@]12C=CC(=O)C=C1C=C[C@H]1[C@@H]3CC[C@](O)(C(=O)CO)[C@@]3(C)C[C@H](Cl)[C@@]12Cl. The van der Waals surface area contributed by atoms with Crippen LogP contribution in [-0.2, 0) is 9.59 Å². The highest BCUT2D eigenvalue weighted by molar-refractivity contribution is 6.34. The number of hydrogen-bond donors (Lipinski definition) is 2. The molecule has 4 rings (SSSR count). The highest BCUT2D eigenvalue weighted by Crippen LogP contribution is 2.70. The second kappa shape index (κ2) is 5.79. The maximum absolute atomic E-state index is 12.4. The first-order valence-corrected chi connectivity index (χ1v) is 10.2. The third-order valence-corrected chi connectivity index (χ3v) is 9.44. The zero-order valence-corrected chi connectivity index (χ0v) is 16.9. The fourth-order valence-corrected chi connectivity index (χ4v) is 7.37. The lowest BCUT2D eigenvalue weighted by Crippen LogP contribution is -2.66. The fourth-order valence-electron chi connectivity index (χ4n) is 6.20. The molecule has 27 heavy (non-hydrogen) atoms. The molecule has 4 aliphatic rings. The Bertz CT molecular complexity index is 817. The molecule has 2 N–H and O–H groups in total. The van der Waals surface area contributed by atoms with Crippen LogP contribution in [0, 0.1) is 22.7 Å². The monoisotopic (exact) mass is 410 g/mol. The van der Waals surface area contributed by atoms with Gasteiger partial charge in [0.15, 0.2) is 11.6 Å². The zero-order chi connectivity index (χ0) is 19.8. The summed E-state index contributed by atoms with van der Waals surface area (Å²) in [6, 6.07) is 0. The van der Waals surface area contributed by atoms with Crippen LogP contribution in [0.15, 0.2) is 36.0 Å². The molecule has 0 saturated heterocycles. The van der Waals surface area contributed by atoms with Gasteiger partial charge in [0.1, 0.15) is 12.2 Å². The van der Waals surface area contributed by atoms with Gasteiger partial charge in [0.25, 0.3) is 0 Å². The van der Waals surface area contributed by atoms with Crippen LogP contribution < -0.4 is 0 Å². The van der Waals surface area contributed by atoms with Crippen molar-refractivity contribution in [2.75, 3.05) is 6.61 Å². The number of carbonyl (C=O) groups is 2. The smallest absolute Gasteiger partial charge is 0.190 e. The number of alkyl halides is 2. The van der Waals surface area contributed by atoms with Crippen LogP contribution in [0.1, 0.15) is 33.1 Å². The van der Waals surface area contributed by atoms with Crippen molar-refractivity contribution in [2.24, 2.45) is 22.7 Å². The number of ketones is 2. The van der Waals surface area contributed by atoms with Gasteiger partial charge in [0.2, 0.25) is 0 Å². The van der Waals surface area contributed by atoms with Crippen molar-refractivity contribution in [1.29, 1.82) is 0 Å². The maximum Gasteiger partial charge on any atom is 0.190 e. The van der Waals surface area contributed by atoms with Crippen molar-refractivity contribution < 1.29 is 19.8 Å². The molecular weight excluding hydrogens is 387 g/mol. The van der Waals surface area contributed by atoms with Crippen LogP contribution in [-0.4, -0.2) is 44.2 Å². The quantitative estimate of drug-likeness (QED) is 0.686. The predicted molar refractivity (Wildman–Crippen MR) is 104 cm³/mol. The molecule has 0 heterocycles. The average molecular weight is 411 g/mol. The molecule has 0 amide bonds. The highest BCUT2D eigenvalue weighted by Gasteiger charge is 2.72. The van der Waals surface area contributed by atoms with Gasteiger partial charge in [0, 0.05) is 16.7 Å². The Balaban J connectivity index is 1.86. The van der Waals surface area contributed by atoms with E-state index in [0.717, 1.165) is 5.57 Å². The standard InChI is InChI=1S/C21H24Cl2O4/c1-18-7-5-13(25)9-12(18)3-4-15-14-6-8-20(27,17(26)11-24)19(14,2)10-16(22)21(15,18)23/h3-5,7,9,14-16,24,27H,6,8,10-11H2,1-2H3/t14-,15-,16-,18-,19-,20-,21-/m0/s1. The van der Waals surface area contributed by atoms with Crippen LogP contribution in [0.3, 0.4) is 0 Å². The first-order chi connectivity index (χ1) is 12.5. The number of carbonyl (C=O) groups excluding carboxylic acids is 2. The van der Waals surface area contributed by atoms with E-state index in [1.807, 2.05) is 32.1 Å².